The van der Waals surface area contributed by atoms with Gasteiger partial charge in [0.05, 0.1) is 12.1 Å². The lowest BCUT2D eigenvalue weighted by Crippen LogP contribution is -2.26. The fourth-order valence-electron chi connectivity index (χ4n) is 2.13. The van der Waals surface area contributed by atoms with Gasteiger partial charge in [0.1, 0.15) is 5.82 Å². The maximum atomic E-state index is 14.0. The van der Waals surface area contributed by atoms with Crippen molar-refractivity contribution in [1.29, 1.82) is 0 Å². The SMILES string of the molecule is COCCNCC(Cc1cncs1)c1ccccc1F. The van der Waals surface area contributed by atoms with Crippen LogP contribution in [0, 0.1) is 5.82 Å². The van der Waals surface area contributed by atoms with Gasteiger partial charge in [0.25, 0.3) is 0 Å². The van der Waals surface area contributed by atoms with Crippen molar-refractivity contribution in [2.75, 3.05) is 26.8 Å². The number of aromatic nitrogens is 1. The van der Waals surface area contributed by atoms with Crippen LogP contribution in [0.3, 0.4) is 0 Å². The summed E-state index contributed by atoms with van der Waals surface area (Å²) in [7, 11) is 1.67. The molecule has 1 aromatic carbocycles. The highest BCUT2D eigenvalue weighted by Crippen LogP contribution is 2.24. The second-order valence-electron chi connectivity index (χ2n) is 4.59. The lowest BCUT2D eigenvalue weighted by molar-refractivity contribution is 0.199. The van der Waals surface area contributed by atoms with E-state index < -0.39 is 0 Å². The van der Waals surface area contributed by atoms with E-state index in [1.54, 1.807) is 24.5 Å². The van der Waals surface area contributed by atoms with Crippen molar-refractivity contribution < 1.29 is 9.13 Å². The van der Waals surface area contributed by atoms with Crippen LogP contribution in [-0.2, 0) is 11.2 Å². The Morgan fingerprint density at radius 1 is 1.40 bits per heavy atom. The molecule has 1 aromatic heterocycles. The van der Waals surface area contributed by atoms with E-state index in [0.29, 0.717) is 6.61 Å². The van der Waals surface area contributed by atoms with E-state index in [1.807, 2.05) is 23.8 Å². The van der Waals surface area contributed by atoms with Gasteiger partial charge in [-0.15, -0.1) is 11.3 Å². The molecule has 0 amide bonds. The first-order valence-corrected chi connectivity index (χ1v) is 7.50. The molecule has 2 aromatic rings. The zero-order valence-corrected chi connectivity index (χ0v) is 12.3. The summed E-state index contributed by atoms with van der Waals surface area (Å²) in [5.41, 5.74) is 2.57. The van der Waals surface area contributed by atoms with Crippen LogP contribution >= 0.6 is 11.3 Å². The quantitative estimate of drug-likeness (QED) is 0.760. The van der Waals surface area contributed by atoms with Gasteiger partial charge in [-0.05, 0) is 18.1 Å². The average molecular weight is 294 g/mol. The molecular weight excluding hydrogens is 275 g/mol. The minimum Gasteiger partial charge on any atom is -0.383 e. The number of halogens is 1. The van der Waals surface area contributed by atoms with Crippen molar-refractivity contribution in [2.45, 2.75) is 12.3 Å². The largest absolute Gasteiger partial charge is 0.383 e. The smallest absolute Gasteiger partial charge is 0.126 e. The fraction of sp³-hybridized carbons (Fsp3) is 0.400. The first kappa shape index (κ1) is 15.1. The van der Waals surface area contributed by atoms with Gasteiger partial charge in [0.15, 0.2) is 0 Å². The number of rotatable bonds is 8. The third-order valence-electron chi connectivity index (χ3n) is 3.15. The Balaban J connectivity index is 2.05. The summed E-state index contributed by atoms with van der Waals surface area (Å²) in [5, 5.41) is 3.32. The molecule has 1 unspecified atom stereocenters. The number of nitrogens with one attached hydrogen (secondary N) is 1. The normalized spacial score (nSPS) is 12.5. The number of hydrogen-bond acceptors (Lipinski definition) is 4. The second kappa shape index (κ2) is 8.09. The molecule has 0 aliphatic rings. The van der Waals surface area contributed by atoms with E-state index in [0.717, 1.165) is 25.1 Å². The predicted octanol–water partition coefficient (Wildman–Crippen LogP) is 2.84. The van der Waals surface area contributed by atoms with Gasteiger partial charge in [-0.1, -0.05) is 18.2 Å². The summed E-state index contributed by atoms with van der Waals surface area (Å²) in [6.45, 7) is 2.15. The Labute approximate surface area is 122 Å². The minimum absolute atomic E-state index is 0.105. The topological polar surface area (TPSA) is 34.1 Å². The number of thiazole rings is 1. The van der Waals surface area contributed by atoms with Gasteiger partial charge >= 0.3 is 0 Å². The molecule has 0 aliphatic carbocycles. The molecule has 0 spiro atoms. The molecule has 0 aliphatic heterocycles. The van der Waals surface area contributed by atoms with E-state index in [4.69, 9.17) is 4.74 Å². The van der Waals surface area contributed by atoms with Crippen LogP contribution in [-0.4, -0.2) is 31.8 Å². The molecule has 1 atom stereocenters. The zero-order chi connectivity index (χ0) is 14.2. The molecule has 5 heteroatoms. The van der Waals surface area contributed by atoms with Crippen molar-refractivity contribution in [1.82, 2.24) is 10.3 Å². The molecule has 2 rings (SSSR count). The fourth-order valence-corrected chi connectivity index (χ4v) is 2.81. The summed E-state index contributed by atoms with van der Waals surface area (Å²) in [5.74, 6) is -0.0379. The van der Waals surface area contributed by atoms with E-state index in [2.05, 4.69) is 10.3 Å². The first-order chi connectivity index (χ1) is 9.81. The third-order valence-corrected chi connectivity index (χ3v) is 3.95. The van der Waals surface area contributed by atoms with Crippen molar-refractivity contribution in [2.24, 2.45) is 0 Å². The van der Waals surface area contributed by atoms with Crippen LogP contribution in [0.2, 0.25) is 0 Å². The maximum absolute atomic E-state index is 14.0. The molecule has 0 saturated heterocycles. The predicted molar refractivity (Wildman–Crippen MR) is 79.7 cm³/mol. The number of ether oxygens (including phenoxy) is 1. The molecule has 1 N–H and O–H groups in total. The van der Waals surface area contributed by atoms with Crippen LogP contribution in [0.15, 0.2) is 36.0 Å². The number of hydrogen-bond donors (Lipinski definition) is 1. The van der Waals surface area contributed by atoms with Gasteiger partial charge in [-0.2, -0.15) is 0 Å². The first-order valence-electron chi connectivity index (χ1n) is 6.62. The van der Waals surface area contributed by atoms with E-state index >= 15 is 0 Å². The van der Waals surface area contributed by atoms with E-state index in [1.165, 1.54) is 10.9 Å². The van der Waals surface area contributed by atoms with Crippen molar-refractivity contribution in [3.8, 4) is 0 Å². The van der Waals surface area contributed by atoms with E-state index in [-0.39, 0.29) is 11.7 Å². The number of methoxy groups -OCH3 is 1. The van der Waals surface area contributed by atoms with Gasteiger partial charge in [-0.3, -0.25) is 4.98 Å². The Morgan fingerprint density at radius 2 is 2.25 bits per heavy atom. The average Bonchev–Trinajstić information content (AvgIpc) is 2.96. The summed E-state index contributed by atoms with van der Waals surface area (Å²) >= 11 is 1.61. The van der Waals surface area contributed by atoms with Crippen molar-refractivity contribution >= 4 is 11.3 Å². The second-order valence-corrected chi connectivity index (χ2v) is 5.56. The van der Waals surface area contributed by atoms with Crippen LogP contribution < -0.4 is 5.32 Å². The summed E-state index contributed by atoms with van der Waals surface area (Å²) in [6, 6.07) is 6.98. The molecule has 0 radical (unpaired) electrons. The molecule has 1 heterocycles. The summed E-state index contributed by atoms with van der Waals surface area (Å²) in [4.78, 5) is 5.26. The third kappa shape index (κ3) is 4.37. The molecular formula is C15H19FN2OS. The Hall–Kier alpha value is -1.30. The Morgan fingerprint density at radius 3 is 2.95 bits per heavy atom. The lowest BCUT2D eigenvalue weighted by Gasteiger charge is -2.18. The summed E-state index contributed by atoms with van der Waals surface area (Å²) < 4.78 is 19.0. The van der Waals surface area contributed by atoms with Crippen molar-refractivity contribution in [3.05, 3.63) is 52.2 Å². The highest BCUT2D eigenvalue weighted by molar-refractivity contribution is 7.09. The van der Waals surface area contributed by atoms with Gasteiger partial charge in [0.2, 0.25) is 0 Å². The molecule has 3 nitrogen and oxygen atoms in total. The van der Waals surface area contributed by atoms with Gasteiger partial charge in [-0.25, -0.2) is 4.39 Å². The zero-order valence-electron chi connectivity index (χ0n) is 11.5. The van der Waals surface area contributed by atoms with Crippen LogP contribution in [0.4, 0.5) is 4.39 Å². The van der Waals surface area contributed by atoms with Gasteiger partial charge in [0, 0.05) is 37.2 Å². The van der Waals surface area contributed by atoms with Crippen molar-refractivity contribution in [3.63, 3.8) is 0 Å². The maximum Gasteiger partial charge on any atom is 0.126 e. The number of benzene rings is 1. The standard InChI is InChI=1S/C15H19FN2OS/c1-19-7-6-17-9-12(8-13-10-18-11-20-13)14-4-2-3-5-15(14)16/h2-5,10-12,17H,6-9H2,1H3. The Bertz CT molecular complexity index is 504. The Kier molecular flexibility index (Phi) is 6.11. The van der Waals surface area contributed by atoms with Gasteiger partial charge < -0.3 is 10.1 Å². The highest BCUT2D eigenvalue weighted by atomic mass is 32.1. The van der Waals surface area contributed by atoms with Crippen LogP contribution in [0.1, 0.15) is 16.4 Å². The van der Waals surface area contributed by atoms with Crippen LogP contribution in [0.25, 0.3) is 0 Å². The number of nitrogens with zero attached hydrogens (tertiary/aromatic N) is 1. The van der Waals surface area contributed by atoms with E-state index in [9.17, 15) is 4.39 Å². The molecule has 0 fully saturated rings. The summed E-state index contributed by atoms with van der Waals surface area (Å²) in [6.07, 6.45) is 2.65. The molecule has 0 saturated carbocycles. The highest BCUT2D eigenvalue weighted by Gasteiger charge is 2.16. The minimum atomic E-state index is -0.143. The molecule has 20 heavy (non-hydrogen) atoms. The van der Waals surface area contributed by atoms with Crippen LogP contribution in [0.5, 0.6) is 0 Å². The monoisotopic (exact) mass is 294 g/mol. The molecule has 0 bridgehead atoms. The lowest BCUT2D eigenvalue weighted by atomic mass is 9.94. The molecule has 108 valence electrons.